The summed E-state index contributed by atoms with van der Waals surface area (Å²) in [5.41, 5.74) is 5.82. The summed E-state index contributed by atoms with van der Waals surface area (Å²) in [5, 5.41) is 14.4. The van der Waals surface area contributed by atoms with Crippen molar-refractivity contribution >= 4 is 12.0 Å². The molecule has 2 amide bonds. The highest BCUT2D eigenvalue weighted by molar-refractivity contribution is 5.97. The first kappa shape index (κ1) is 36.3. The highest BCUT2D eigenvalue weighted by Crippen LogP contribution is 2.27. The fourth-order valence-corrected chi connectivity index (χ4v) is 6.60. The van der Waals surface area contributed by atoms with Crippen LogP contribution >= 0.6 is 0 Å². The Hall–Kier alpha value is -4.00. The molecule has 2 aromatic heterocycles. The van der Waals surface area contributed by atoms with Crippen LogP contribution in [0.1, 0.15) is 84.8 Å². The van der Waals surface area contributed by atoms with Crippen molar-refractivity contribution < 1.29 is 19.1 Å². The first-order valence-corrected chi connectivity index (χ1v) is 17.5. The molecule has 0 bridgehead atoms. The van der Waals surface area contributed by atoms with Gasteiger partial charge in [-0.05, 0) is 108 Å². The van der Waals surface area contributed by atoms with Gasteiger partial charge in [-0.1, -0.05) is 0 Å². The predicted molar refractivity (Wildman–Crippen MR) is 190 cm³/mol. The number of rotatable bonds is 11. The standard InChI is InChI=1S/C37H53N7O5/c1-24-17-25(2)41-35(46)33(24)22-39-34(45)32-19-27(29-21-40-44(23-29)12-11-43-13-15-48-16-14-43)18-28(26(32)3)20-38-30-7-9-31(10-8-30)42-36(47)49-37(4,5)6/h17-19,21,23,30-31,38H,7-16,20,22H2,1-6H3,(H,39,45)(H,41,46)(H,42,47). The highest BCUT2D eigenvalue weighted by atomic mass is 16.6. The van der Waals surface area contributed by atoms with Crippen molar-refractivity contribution in [2.75, 3.05) is 32.8 Å². The second-order valence-corrected chi connectivity index (χ2v) is 14.5. The minimum absolute atomic E-state index is 0.0949. The van der Waals surface area contributed by atoms with Crippen molar-refractivity contribution in [1.29, 1.82) is 0 Å². The number of morpholine rings is 1. The van der Waals surface area contributed by atoms with Crippen LogP contribution in [0.4, 0.5) is 4.79 Å². The zero-order chi connectivity index (χ0) is 35.1. The number of carbonyl (C=O) groups excluding carboxylic acids is 2. The van der Waals surface area contributed by atoms with E-state index in [1.54, 1.807) is 0 Å². The largest absolute Gasteiger partial charge is 0.444 e. The van der Waals surface area contributed by atoms with Gasteiger partial charge in [0.15, 0.2) is 0 Å². The number of ether oxygens (including phenoxy) is 2. The third kappa shape index (κ3) is 10.3. The number of aromatic amines is 1. The number of alkyl carbamates (subject to hydrolysis) is 1. The van der Waals surface area contributed by atoms with E-state index >= 15 is 0 Å². The number of nitrogens with zero attached hydrogens (tertiary/aromatic N) is 3. The number of aromatic nitrogens is 3. The van der Waals surface area contributed by atoms with Crippen LogP contribution < -0.4 is 21.5 Å². The number of H-pyrrole nitrogens is 1. The highest BCUT2D eigenvalue weighted by Gasteiger charge is 2.25. The molecule has 2 fully saturated rings. The molecule has 1 aliphatic heterocycles. The van der Waals surface area contributed by atoms with Gasteiger partial charge < -0.3 is 30.4 Å². The summed E-state index contributed by atoms with van der Waals surface area (Å²) in [6, 6.07) is 6.37. The summed E-state index contributed by atoms with van der Waals surface area (Å²) < 4.78 is 12.9. The van der Waals surface area contributed by atoms with Gasteiger partial charge in [0, 0.05) is 73.4 Å². The van der Waals surface area contributed by atoms with Gasteiger partial charge >= 0.3 is 6.09 Å². The molecule has 12 nitrogen and oxygen atoms in total. The predicted octanol–water partition coefficient (Wildman–Crippen LogP) is 4.35. The lowest BCUT2D eigenvalue weighted by Crippen LogP contribution is -2.43. The average Bonchev–Trinajstić information content (AvgIpc) is 3.52. The van der Waals surface area contributed by atoms with E-state index in [9.17, 15) is 14.4 Å². The normalized spacial score (nSPS) is 18.7. The van der Waals surface area contributed by atoms with Crippen LogP contribution in [0.15, 0.2) is 35.4 Å². The van der Waals surface area contributed by atoms with E-state index in [-0.39, 0.29) is 36.2 Å². The molecule has 266 valence electrons. The molecular weight excluding hydrogens is 622 g/mol. The van der Waals surface area contributed by atoms with E-state index in [0.29, 0.717) is 17.7 Å². The van der Waals surface area contributed by atoms with Gasteiger partial charge in [0.25, 0.3) is 11.5 Å². The van der Waals surface area contributed by atoms with Gasteiger partial charge in [0.05, 0.1) is 26.0 Å². The Labute approximate surface area is 289 Å². The molecule has 1 aromatic carbocycles. The Bertz CT molecular complexity index is 1660. The Morgan fingerprint density at radius 2 is 1.69 bits per heavy atom. The van der Waals surface area contributed by atoms with E-state index in [2.05, 4.69) is 37.0 Å². The Balaban J connectivity index is 1.29. The maximum Gasteiger partial charge on any atom is 0.407 e. The first-order chi connectivity index (χ1) is 23.3. The van der Waals surface area contributed by atoms with Crippen LogP contribution in [0.2, 0.25) is 0 Å². The van der Waals surface area contributed by atoms with Crippen LogP contribution in [-0.2, 0) is 29.1 Å². The van der Waals surface area contributed by atoms with E-state index in [0.717, 1.165) is 98.6 Å². The summed E-state index contributed by atoms with van der Waals surface area (Å²) in [5.74, 6) is -0.228. The monoisotopic (exact) mass is 675 g/mol. The molecule has 0 unspecified atom stereocenters. The third-order valence-electron chi connectivity index (χ3n) is 9.42. The topological polar surface area (TPSA) is 143 Å². The molecule has 5 rings (SSSR count). The van der Waals surface area contributed by atoms with Crippen molar-refractivity contribution in [3.63, 3.8) is 0 Å². The minimum atomic E-state index is -0.524. The van der Waals surface area contributed by atoms with Crippen molar-refractivity contribution in [3.8, 4) is 11.1 Å². The smallest absolute Gasteiger partial charge is 0.407 e. The van der Waals surface area contributed by atoms with E-state index in [1.807, 2.05) is 70.8 Å². The summed E-state index contributed by atoms with van der Waals surface area (Å²) in [7, 11) is 0. The fraction of sp³-hybridized carbons (Fsp3) is 0.568. The molecular formula is C37H53N7O5. The molecule has 3 heterocycles. The molecule has 3 aromatic rings. The molecule has 0 radical (unpaired) electrons. The lowest BCUT2D eigenvalue weighted by Gasteiger charge is -2.31. The molecule has 1 saturated heterocycles. The zero-order valence-corrected chi connectivity index (χ0v) is 29.9. The Morgan fingerprint density at radius 3 is 2.39 bits per heavy atom. The van der Waals surface area contributed by atoms with Crippen molar-refractivity contribution in [2.24, 2.45) is 0 Å². The number of pyridine rings is 1. The van der Waals surface area contributed by atoms with Crippen molar-refractivity contribution in [1.82, 2.24) is 35.6 Å². The summed E-state index contributed by atoms with van der Waals surface area (Å²) in [6.07, 6.45) is 7.11. The van der Waals surface area contributed by atoms with E-state index in [4.69, 9.17) is 9.47 Å². The summed E-state index contributed by atoms with van der Waals surface area (Å²) in [6.45, 7) is 17.1. The SMILES string of the molecule is Cc1cc(C)c(CNC(=O)c2cc(-c3cnn(CCN4CCOCC4)c3)cc(CNC3CCC(NC(=O)OC(C)(C)C)CC3)c2C)c(=O)[nH]1. The average molecular weight is 676 g/mol. The molecule has 1 aliphatic carbocycles. The van der Waals surface area contributed by atoms with Gasteiger partial charge in [-0.15, -0.1) is 0 Å². The number of nitrogens with one attached hydrogen (secondary N) is 4. The lowest BCUT2D eigenvalue weighted by atomic mass is 9.90. The summed E-state index contributed by atoms with van der Waals surface area (Å²) >= 11 is 0. The van der Waals surface area contributed by atoms with Crippen LogP contribution in [-0.4, -0.2) is 82.2 Å². The molecule has 4 N–H and O–H groups in total. The number of hydrogen-bond donors (Lipinski definition) is 4. The van der Waals surface area contributed by atoms with Crippen LogP contribution in [0.3, 0.4) is 0 Å². The van der Waals surface area contributed by atoms with Gasteiger partial charge in [0.1, 0.15) is 5.60 Å². The molecule has 12 heteroatoms. The van der Waals surface area contributed by atoms with Gasteiger partial charge in [0.2, 0.25) is 0 Å². The zero-order valence-electron chi connectivity index (χ0n) is 29.9. The fourth-order valence-electron chi connectivity index (χ4n) is 6.60. The molecule has 0 atom stereocenters. The number of carbonyl (C=O) groups is 2. The Morgan fingerprint density at radius 1 is 0.980 bits per heavy atom. The molecule has 0 spiro atoms. The van der Waals surface area contributed by atoms with Gasteiger partial charge in [-0.2, -0.15) is 5.10 Å². The molecule has 2 aliphatic rings. The van der Waals surface area contributed by atoms with Crippen molar-refractivity contribution in [3.05, 3.63) is 74.5 Å². The maximum atomic E-state index is 13.7. The van der Waals surface area contributed by atoms with Gasteiger partial charge in [-0.3, -0.25) is 19.2 Å². The molecule has 49 heavy (non-hydrogen) atoms. The molecule has 1 saturated carbocycles. The Kier molecular flexibility index (Phi) is 12.0. The second kappa shape index (κ2) is 16.1. The van der Waals surface area contributed by atoms with Gasteiger partial charge in [-0.25, -0.2) is 4.79 Å². The van der Waals surface area contributed by atoms with Crippen LogP contribution in [0.25, 0.3) is 11.1 Å². The second-order valence-electron chi connectivity index (χ2n) is 14.5. The number of amides is 2. The lowest BCUT2D eigenvalue weighted by molar-refractivity contribution is 0.0359. The first-order valence-electron chi connectivity index (χ1n) is 17.5. The van der Waals surface area contributed by atoms with E-state index < -0.39 is 5.60 Å². The third-order valence-corrected chi connectivity index (χ3v) is 9.42. The van der Waals surface area contributed by atoms with Crippen LogP contribution in [0.5, 0.6) is 0 Å². The van der Waals surface area contributed by atoms with Crippen LogP contribution in [0, 0.1) is 20.8 Å². The van der Waals surface area contributed by atoms with E-state index in [1.165, 1.54) is 0 Å². The van der Waals surface area contributed by atoms with Crippen molar-refractivity contribution in [2.45, 2.75) is 105 Å². The number of benzene rings is 1. The maximum absolute atomic E-state index is 13.7. The number of hydrogen-bond acceptors (Lipinski definition) is 8. The summed E-state index contributed by atoms with van der Waals surface area (Å²) in [4.78, 5) is 43.8. The quantitative estimate of drug-likeness (QED) is 0.235. The minimum Gasteiger partial charge on any atom is -0.444 e. The number of aryl methyl sites for hydroxylation is 2.